The van der Waals surface area contributed by atoms with Crippen molar-refractivity contribution in [1.29, 1.82) is 0 Å². The van der Waals surface area contributed by atoms with Crippen molar-refractivity contribution in [3.63, 3.8) is 0 Å². The SMILES string of the molecule is CC1CC(C(=O)O)CN(C(=O)c2cccc(COc3cccc(F)c3)c2)C1. The van der Waals surface area contributed by atoms with Gasteiger partial charge in [-0.15, -0.1) is 0 Å². The Labute approximate surface area is 157 Å². The highest BCUT2D eigenvalue weighted by molar-refractivity contribution is 5.94. The molecular formula is C21H22FNO4. The molecule has 2 atom stereocenters. The molecule has 6 heteroatoms. The van der Waals surface area contributed by atoms with Gasteiger partial charge in [-0.25, -0.2) is 4.39 Å². The van der Waals surface area contributed by atoms with E-state index in [0.717, 1.165) is 5.56 Å². The second kappa shape index (κ2) is 8.20. The van der Waals surface area contributed by atoms with E-state index in [2.05, 4.69) is 0 Å². The second-order valence-corrected chi connectivity index (χ2v) is 7.03. The van der Waals surface area contributed by atoms with Crippen molar-refractivity contribution >= 4 is 11.9 Å². The van der Waals surface area contributed by atoms with Crippen molar-refractivity contribution in [2.24, 2.45) is 11.8 Å². The predicted octanol–water partition coefficient (Wildman–Crippen LogP) is 3.59. The second-order valence-electron chi connectivity index (χ2n) is 7.03. The fourth-order valence-corrected chi connectivity index (χ4v) is 3.40. The van der Waals surface area contributed by atoms with Crippen molar-refractivity contribution in [3.8, 4) is 5.75 Å². The van der Waals surface area contributed by atoms with Crippen LogP contribution in [0.15, 0.2) is 48.5 Å². The number of amides is 1. The number of rotatable bonds is 5. The van der Waals surface area contributed by atoms with E-state index in [1.807, 2.05) is 13.0 Å². The summed E-state index contributed by atoms with van der Waals surface area (Å²) in [5.41, 5.74) is 1.28. The number of nitrogens with zero attached hydrogens (tertiary/aromatic N) is 1. The Bertz CT molecular complexity index is 838. The Morgan fingerprint density at radius 2 is 1.96 bits per heavy atom. The van der Waals surface area contributed by atoms with Gasteiger partial charge < -0.3 is 14.7 Å². The number of benzene rings is 2. The highest BCUT2D eigenvalue weighted by atomic mass is 19.1. The number of ether oxygens (including phenoxy) is 1. The quantitative estimate of drug-likeness (QED) is 0.872. The number of halogens is 1. The zero-order valence-corrected chi connectivity index (χ0v) is 15.1. The highest BCUT2D eigenvalue weighted by Crippen LogP contribution is 2.24. The third-order valence-corrected chi connectivity index (χ3v) is 4.67. The number of carbonyl (C=O) groups excluding carboxylic acids is 1. The van der Waals surface area contributed by atoms with Crippen LogP contribution in [-0.4, -0.2) is 35.0 Å². The van der Waals surface area contributed by atoms with Crippen molar-refractivity contribution in [2.75, 3.05) is 13.1 Å². The number of carboxylic acid groups (broad SMARTS) is 1. The lowest BCUT2D eigenvalue weighted by atomic mass is 9.90. The average Bonchev–Trinajstić information content (AvgIpc) is 2.65. The molecule has 1 amide bonds. The summed E-state index contributed by atoms with van der Waals surface area (Å²) in [5.74, 6) is -1.39. The molecule has 0 saturated carbocycles. The van der Waals surface area contributed by atoms with Gasteiger partial charge in [0.1, 0.15) is 18.2 Å². The van der Waals surface area contributed by atoms with Crippen molar-refractivity contribution in [3.05, 3.63) is 65.5 Å². The van der Waals surface area contributed by atoms with Crippen LogP contribution in [0.4, 0.5) is 4.39 Å². The maximum Gasteiger partial charge on any atom is 0.308 e. The third-order valence-electron chi connectivity index (χ3n) is 4.67. The monoisotopic (exact) mass is 371 g/mol. The molecule has 142 valence electrons. The van der Waals surface area contributed by atoms with Gasteiger partial charge in [0.15, 0.2) is 0 Å². The lowest BCUT2D eigenvalue weighted by Crippen LogP contribution is -2.45. The molecule has 1 saturated heterocycles. The van der Waals surface area contributed by atoms with Gasteiger partial charge in [-0.3, -0.25) is 9.59 Å². The molecule has 0 aromatic heterocycles. The summed E-state index contributed by atoms with van der Waals surface area (Å²) >= 11 is 0. The van der Waals surface area contributed by atoms with Crippen molar-refractivity contribution in [1.82, 2.24) is 4.90 Å². The van der Waals surface area contributed by atoms with Crippen LogP contribution in [0.1, 0.15) is 29.3 Å². The van der Waals surface area contributed by atoms with Crippen molar-refractivity contribution in [2.45, 2.75) is 20.0 Å². The fraction of sp³-hybridized carbons (Fsp3) is 0.333. The minimum absolute atomic E-state index is 0.142. The Balaban J connectivity index is 1.69. The molecule has 5 nitrogen and oxygen atoms in total. The van der Waals surface area contributed by atoms with Crippen LogP contribution in [0.25, 0.3) is 0 Å². The third kappa shape index (κ3) is 4.84. The normalized spacial score (nSPS) is 19.6. The number of carbonyl (C=O) groups is 2. The van der Waals surface area contributed by atoms with E-state index in [0.29, 0.717) is 24.3 Å². The summed E-state index contributed by atoms with van der Waals surface area (Å²) in [5, 5.41) is 9.29. The van der Waals surface area contributed by atoms with E-state index >= 15 is 0 Å². The number of hydrogen-bond donors (Lipinski definition) is 1. The first-order chi connectivity index (χ1) is 12.9. The number of likely N-dealkylation sites (tertiary alicyclic amines) is 1. The molecule has 0 radical (unpaired) electrons. The van der Waals surface area contributed by atoms with Crippen LogP contribution >= 0.6 is 0 Å². The van der Waals surface area contributed by atoms with Crippen LogP contribution in [0.2, 0.25) is 0 Å². The fourth-order valence-electron chi connectivity index (χ4n) is 3.40. The molecule has 0 spiro atoms. The van der Waals surface area contributed by atoms with Gasteiger partial charge in [0.2, 0.25) is 0 Å². The maximum absolute atomic E-state index is 13.2. The summed E-state index contributed by atoms with van der Waals surface area (Å²) in [7, 11) is 0. The molecule has 1 fully saturated rings. The molecule has 2 aromatic carbocycles. The van der Waals surface area contributed by atoms with Crippen LogP contribution < -0.4 is 4.74 Å². The van der Waals surface area contributed by atoms with E-state index in [1.54, 1.807) is 35.2 Å². The molecule has 2 aromatic rings. The van der Waals surface area contributed by atoms with E-state index in [9.17, 15) is 19.1 Å². The number of aliphatic carboxylic acids is 1. The maximum atomic E-state index is 13.2. The molecule has 27 heavy (non-hydrogen) atoms. The van der Waals surface area contributed by atoms with Gasteiger partial charge >= 0.3 is 5.97 Å². The molecule has 3 rings (SSSR count). The van der Waals surface area contributed by atoms with Gasteiger partial charge in [0.05, 0.1) is 5.92 Å². The summed E-state index contributed by atoms with van der Waals surface area (Å²) in [4.78, 5) is 25.8. The van der Waals surface area contributed by atoms with E-state index in [-0.39, 0.29) is 30.8 Å². The molecule has 0 bridgehead atoms. The summed E-state index contributed by atoms with van der Waals surface area (Å²) in [6.07, 6.45) is 0.584. The molecule has 0 aliphatic carbocycles. The topological polar surface area (TPSA) is 66.8 Å². The van der Waals surface area contributed by atoms with Crippen LogP contribution in [0.5, 0.6) is 5.75 Å². The Morgan fingerprint density at radius 3 is 2.70 bits per heavy atom. The van der Waals surface area contributed by atoms with Gasteiger partial charge in [-0.2, -0.15) is 0 Å². The summed E-state index contributed by atoms with van der Waals surface area (Å²) < 4.78 is 18.8. The van der Waals surface area contributed by atoms with E-state index in [1.165, 1.54) is 12.1 Å². The average molecular weight is 371 g/mol. The van der Waals surface area contributed by atoms with Crippen LogP contribution in [0.3, 0.4) is 0 Å². The molecule has 1 aliphatic rings. The van der Waals surface area contributed by atoms with Crippen molar-refractivity contribution < 1.29 is 23.8 Å². The first kappa shape index (κ1) is 18.9. The Morgan fingerprint density at radius 1 is 1.19 bits per heavy atom. The van der Waals surface area contributed by atoms with Gasteiger partial charge in [-0.1, -0.05) is 25.1 Å². The zero-order valence-electron chi connectivity index (χ0n) is 15.1. The van der Waals surface area contributed by atoms with Gasteiger partial charge in [0.25, 0.3) is 5.91 Å². The Kier molecular flexibility index (Phi) is 5.74. The molecule has 1 heterocycles. The first-order valence-electron chi connectivity index (χ1n) is 8.92. The Hall–Kier alpha value is -2.89. The minimum Gasteiger partial charge on any atom is -0.489 e. The summed E-state index contributed by atoms with van der Waals surface area (Å²) in [6, 6.07) is 12.9. The smallest absolute Gasteiger partial charge is 0.308 e. The molecule has 1 aliphatic heterocycles. The number of hydrogen-bond acceptors (Lipinski definition) is 3. The molecule has 2 unspecified atom stereocenters. The van der Waals surface area contributed by atoms with E-state index < -0.39 is 11.9 Å². The van der Waals surface area contributed by atoms with E-state index in [4.69, 9.17) is 4.74 Å². The lowest BCUT2D eigenvalue weighted by molar-refractivity contribution is -0.143. The number of carboxylic acids is 1. The summed E-state index contributed by atoms with van der Waals surface area (Å²) in [6.45, 7) is 2.94. The predicted molar refractivity (Wildman–Crippen MR) is 98.0 cm³/mol. The zero-order chi connectivity index (χ0) is 19.4. The number of piperidine rings is 1. The van der Waals surface area contributed by atoms with Crippen LogP contribution in [-0.2, 0) is 11.4 Å². The first-order valence-corrected chi connectivity index (χ1v) is 8.92. The minimum atomic E-state index is -0.864. The standard InChI is InChI=1S/C21H22FNO4/c1-14-8-17(21(25)26)12-23(11-14)20(24)16-5-2-4-15(9-16)13-27-19-7-3-6-18(22)10-19/h2-7,9-10,14,17H,8,11-13H2,1H3,(H,25,26). The molecular weight excluding hydrogens is 349 g/mol. The largest absolute Gasteiger partial charge is 0.489 e. The van der Waals surface area contributed by atoms with Crippen LogP contribution in [0, 0.1) is 17.7 Å². The lowest BCUT2D eigenvalue weighted by Gasteiger charge is -2.34. The van der Waals surface area contributed by atoms with Gasteiger partial charge in [-0.05, 0) is 42.2 Å². The molecule has 1 N–H and O–H groups in total. The van der Waals surface area contributed by atoms with Gasteiger partial charge in [0, 0.05) is 24.7 Å². The highest BCUT2D eigenvalue weighted by Gasteiger charge is 2.32.